The molecule has 0 saturated heterocycles. The topological polar surface area (TPSA) is 130 Å². The van der Waals surface area contributed by atoms with Crippen LogP contribution in [0.1, 0.15) is 34.2 Å². The summed E-state index contributed by atoms with van der Waals surface area (Å²) in [5.41, 5.74) is 3.48. The predicted octanol–water partition coefficient (Wildman–Crippen LogP) is 5.12. The average molecular weight is 671 g/mol. The Morgan fingerprint density at radius 1 is 1.09 bits per heavy atom. The molecule has 240 valence electrons. The number of nitrogens with two attached hydrogens (primary N) is 1. The van der Waals surface area contributed by atoms with Crippen LogP contribution in [0.3, 0.4) is 0 Å². The zero-order valence-corrected chi connectivity index (χ0v) is 23.7. The second-order valence-electron chi connectivity index (χ2n) is 9.72. The number of halogens is 8. The highest BCUT2D eigenvalue weighted by molar-refractivity contribution is 6.31. The van der Waals surface area contributed by atoms with Crippen molar-refractivity contribution in [3.63, 3.8) is 0 Å². The third-order valence-electron chi connectivity index (χ3n) is 6.85. The molecule has 5 rings (SSSR count). The minimum atomic E-state index is -4.80. The number of benzene rings is 2. The summed E-state index contributed by atoms with van der Waals surface area (Å²) in [5.74, 6) is -2.90. The molecule has 1 amide bonds. The first-order valence-corrected chi connectivity index (χ1v) is 13.4. The standard InChI is InChI=1S/C28H19ClF7N7O3/c29-18-4-6-22(42-13-23(39-40-42)28(34,35)36)24(25(18)31)15-2-5-21(43(45)12-15)20(7-8-46-27(32)33)41-11-16(10-38-41)14-1-3-17(26(37)44)19(30)9-14/h1-6,9-13,20,27H,7-8H2,(H2,37,44)/p+1. The van der Waals surface area contributed by atoms with Gasteiger partial charge in [-0.3, -0.25) is 9.48 Å². The second kappa shape index (κ2) is 12.8. The van der Waals surface area contributed by atoms with Crippen molar-refractivity contribution in [2.45, 2.75) is 25.3 Å². The van der Waals surface area contributed by atoms with Crippen LogP contribution in [0.5, 0.6) is 0 Å². The maximum absolute atomic E-state index is 15.4. The number of primary amides is 1. The van der Waals surface area contributed by atoms with E-state index < -0.39 is 48.7 Å². The minimum Gasteiger partial charge on any atom is -0.618 e. The van der Waals surface area contributed by atoms with Crippen molar-refractivity contribution in [1.82, 2.24) is 20.1 Å². The van der Waals surface area contributed by atoms with Crippen molar-refractivity contribution >= 4 is 17.5 Å². The molecule has 3 aromatic heterocycles. The smallest absolute Gasteiger partial charge is 0.464 e. The summed E-state index contributed by atoms with van der Waals surface area (Å²) in [6.45, 7) is -3.63. The zero-order chi connectivity index (χ0) is 33.3. The summed E-state index contributed by atoms with van der Waals surface area (Å²) in [7, 11) is 0. The minimum absolute atomic E-state index is 0.0657. The molecule has 0 aliphatic rings. The first kappa shape index (κ1) is 32.4. The van der Waals surface area contributed by atoms with Crippen molar-refractivity contribution < 1.29 is 49.7 Å². The van der Waals surface area contributed by atoms with Gasteiger partial charge in [-0.15, -0.1) is 4.68 Å². The van der Waals surface area contributed by atoms with E-state index in [1.54, 1.807) is 0 Å². The third-order valence-corrected chi connectivity index (χ3v) is 7.14. The molecule has 2 aromatic carbocycles. The summed E-state index contributed by atoms with van der Waals surface area (Å²) in [6.07, 6.45) is -0.771. The number of ether oxygens (including phenoxy) is 1. The number of carbonyl (C=O) groups excluding carboxylic acids is 1. The van der Waals surface area contributed by atoms with Crippen LogP contribution in [0.4, 0.5) is 30.7 Å². The van der Waals surface area contributed by atoms with Crippen LogP contribution in [0.25, 0.3) is 27.9 Å². The fraction of sp³-hybridized carbons (Fsp3) is 0.179. The van der Waals surface area contributed by atoms with Gasteiger partial charge < -0.3 is 15.7 Å². The number of nitrogens with one attached hydrogen (secondary N) is 1. The van der Waals surface area contributed by atoms with Crippen LogP contribution in [0.2, 0.25) is 5.02 Å². The number of aromatic nitrogens is 6. The largest absolute Gasteiger partial charge is 0.618 e. The van der Waals surface area contributed by atoms with Crippen LogP contribution in [0.15, 0.2) is 67.3 Å². The Morgan fingerprint density at radius 3 is 2.46 bits per heavy atom. The van der Waals surface area contributed by atoms with Crippen molar-refractivity contribution in [2.24, 2.45) is 5.73 Å². The maximum Gasteiger partial charge on any atom is 0.464 e. The summed E-state index contributed by atoms with van der Waals surface area (Å²) in [5, 5.41) is 22.5. The number of aromatic amines is 1. The van der Waals surface area contributed by atoms with Gasteiger partial charge in [0.2, 0.25) is 5.69 Å². The van der Waals surface area contributed by atoms with Gasteiger partial charge in [0.1, 0.15) is 11.9 Å². The van der Waals surface area contributed by atoms with E-state index in [9.17, 15) is 36.3 Å². The van der Waals surface area contributed by atoms with E-state index in [0.29, 0.717) is 16.5 Å². The summed E-state index contributed by atoms with van der Waals surface area (Å²) in [4.78, 5) is 11.4. The van der Waals surface area contributed by atoms with Gasteiger partial charge in [0.15, 0.2) is 23.9 Å². The van der Waals surface area contributed by atoms with Crippen LogP contribution >= 0.6 is 11.6 Å². The SMILES string of the molecule is NC(=O)c1ccc(-c2cnn(C(CCOC(F)F)c3ccc(-c4c(-[n+]5cc(C(F)(F)F)n[nH]5)ccc(Cl)c4F)c[n+]3[O-])c2)cc1F. The van der Waals surface area contributed by atoms with Crippen molar-refractivity contribution in [2.75, 3.05) is 6.61 Å². The van der Waals surface area contributed by atoms with E-state index in [2.05, 4.69) is 20.1 Å². The number of carbonyl (C=O) groups is 1. The van der Waals surface area contributed by atoms with Gasteiger partial charge in [0.05, 0.1) is 39.6 Å². The molecular formula is C28H20ClF7N7O3+. The first-order valence-electron chi connectivity index (χ1n) is 13.0. The Balaban J connectivity index is 1.54. The van der Waals surface area contributed by atoms with Gasteiger partial charge >= 0.3 is 18.5 Å². The number of H-pyrrole nitrogens is 1. The Kier molecular flexibility index (Phi) is 8.98. The highest BCUT2D eigenvalue weighted by Crippen LogP contribution is 2.33. The molecule has 0 bridgehead atoms. The second-order valence-corrected chi connectivity index (χ2v) is 10.1. The van der Waals surface area contributed by atoms with Gasteiger partial charge in [0.25, 0.3) is 5.91 Å². The van der Waals surface area contributed by atoms with Crippen LogP contribution in [-0.4, -0.2) is 39.2 Å². The van der Waals surface area contributed by atoms with E-state index in [-0.39, 0.29) is 45.1 Å². The van der Waals surface area contributed by atoms with Crippen molar-refractivity contribution in [1.29, 1.82) is 0 Å². The van der Waals surface area contributed by atoms with Gasteiger partial charge in [0, 0.05) is 24.2 Å². The van der Waals surface area contributed by atoms with Gasteiger partial charge in [-0.25, -0.2) is 8.78 Å². The van der Waals surface area contributed by atoms with E-state index in [1.807, 2.05) is 0 Å². The molecule has 5 aromatic rings. The van der Waals surface area contributed by atoms with Crippen molar-refractivity contribution in [3.8, 4) is 27.9 Å². The van der Waals surface area contributed by atoms with Gasteiger partial charge in [-0.05, 0) is 35.9 Å². The molecule has 0 spiro atoms. The fourth-order valence-electron chi connectivity index (χ4n) is 4.70. The van der Waals surface area contributed by atoms with E-state index in [1.165, 1.54) is 47.4 Å². The Labute approximate surface area is 259 Å². The normalized spacial score (nSPS) is 12.5. The molecule has 0 aliphatic carbocycles. The molecule has 46 heavy (non-hydrogen) atoms. The number of pyridine rings is 1. The Hall–Kier alpha value is -5.03. The molecule has 10 nitrogen and oxygen atoms in total. The lowest BCUT2D eigenvalue weighted by molar-refractivity contribution is -0.659. The van der Waals surface area contributed by atoms with Crippen LogP contribution in [0, 0.1) is 16.8 Å². The van der Waals surface area contributed by atoms with Crippen LogP contribution in [-0.2, 0) is 10.9 Å². The van der Waals surface area contributed by atoms with E-state index >= 15 is 4.39 Å². The van der Waals surface area contributed by atoms with E-state index in [0.717, 1.165) is 23.0 Å². The average Bonchev–Trinajstić information content (AvgIpc) is 3.68. The molecule has 0 fully saturated rings. The number of amides is 1. The molecule has 0 aliphatic heterocycles. The van der Waals surface area contributed by atoms with Crippen molar-refractivity contribution in [3.05, 3.63) is 106 Å². The quantitative estimate of drug-likeness (QED) is 0.121. The number of hydrogen-bond acceptors (Lipinski definition) is 5. The third kappa shape index (κ3) is 6.64. The number of rotatable bonds is 10. The molecule has 18 heteroatoms. The van der Waals surface area contributed by atoms with Crippen LogP contribution < -0.4 is 15.1 Å². The van der Waals surface area contributed by atoms with Gasteiger partial charge in [-0.1, -0.05) is 22.9 Å². The molecule has 1 unspecified atom stereocenters. The van der Waals surface area contributed by atoms with Gasteiger partial charge in [-0.2, -0.15) is 31.8 Å². The molecule has 0 saturated carbocycles. The highest BCUT2D eigenvalue weighted by atomic mass is 35.5. The Bertz CT molecular complexity index is 1910. The number of hydrogen-bond donors (Lipinski definition) is 2. The highest BCUT2D eigenvalue weighted by Gasteiger charge is 2.41. The lowest BCUT2D eigenvalue weighted by Gasteiger charge is -2.18. The summed E-state index contributed by atoms with van der Waals surface area (Å²) in [6, 6.07) is 7.45. The molecule has 3 N–H and O–H groups in total. The maximum atomic E-state index is 15.4. The van der Waals surface area contributed by atoms with E-state index in [4.69, 9.17) is 17.3 Å². The summed E-state index contributed by atoms with van der Waals surface area (Å²) >= 11 is 5.96. The fourth-order valence-corrected chi connectivity index (χ4v) is 4.86. The molecule has 0 radical (unpaired) electrons. The Morgan fingerprint density at radius 2 is 1.83 bits per heavy atom. The molecular weight excluding hydrogens is 651 g/mol. The summed E-state index contributed by atoms with van der Waals surface area (Å²) < 4.78 is 102. The lowest BCUT2D eigenvalue weighted by atomic mass is 10.0. The predicted molar refractivity (Wildman–Crippen MR) is 145 cm³/mol. The lowest BCUT2D eigenvalue weighted by Crippen LogP contribution is -2.36. The molecule has 1 atom stereocenters. The monoisotopic (exact) mass is 670 g/mol. The number of nitrogens with zero attached hydrogens (tertiary/aromatic N) is 5. The first-order chi connectivity index (χ1) is 21.7. The molecule has 3 heterocycles. The number of alkyl halides is 5. The zero-order valence-electron chi connectivity index (χ0n) is 23.0.